The van der Waals surface area contributed by atoms with Crippen molar-refractivity contribution in [1.29, 1.82) is 10.5 Å². The largest absolute Gasteiger partial charge is 0.391 e. The first kappa shape index (κ1) is 14.1. The van der Waals surface area contributed by atoms with Crippen LogP contribution in [0, 0.1) is 22.7 Å². The fraction of sp³-hybridized carbons (Fsp3) is 0.533. The van der Waals surface area contributed by atoms with Gasteiger partial charge in [-0.3, -0.25) is 0 Å². The van der Waals surface area contributed by atoms with Crippen molar-refractivity contribution in [2.45, 2.75) is 37.7 Å². The number of pyridine rings is 1. The second-order valence-corrected chi connectivity index (χ2v) is 5.99. The van der Waals surface area contributed by atoms with E-state index in [9.17, 15) is 15.6 Å². The average Bonchev–Trinajstić information content (AvgIpc) is 3.30. The van der Waals surface area contributed by atoms with Crippen molar-refractivity contribution in [2.24, 2.45) is 0 Å². The third-order valence-corrected chi connectivity index (χ3v) is 4.35. The molecule has 5 nitrogen and oxygen atoms in total. The van der Waals surface area contributed by atoms with Crippen LogP contribution in [0.15, 0.2) is 0 Å². The van der Waals surface area contributed by atoms with E-state index in [1.165, 1.54) is 0 Å². The molecule has 1 aromatic heterocycles. The smallest absolute Gasteiger partial charge is 0.149 e. The molecule has 3 rings (SSSR count). The Kier molecular flexibility index (Phi) is 3.71. The van der Waals surface area contributed by atoms with Crippen LogP contribution >= 0.6 is 11.6 Å². The van der Waals surface area contributed by atoms with Crippen LogP contribution in [-0.4, -0.2) is 29.3 Å². The van der Waals surface area contributed by atoms with Crippen LogP contribution in [0.3, 0.4) is 0 Å². The van der Waals surface area contributed by atoms with Crippen molar-refractivity contribution in [3.8, 4) is 12.1 Å². The average molecular weight is 303 g/mol. The number of rotatable bonds is 2. The molecule has 1 aliphatic heterocycles. The quantitative estimate of drug-likeness (QED) is 0.848. The summed E-state index contributed by atoms with van der Waals surface area (Å²) < 4.78 is 0. The lowest BCUT2D eigenvalue weighted by Gasteiger charge is -2.32. The summed E-state index contributed by atoms with van der Waals surface area (Å²) in [6.07, 6.45) is 3.16. The molecule has 0 aromatic carbocycles. The van der Waals surface area contributed by atoms with E-state index in [0.29, 0.717) is 23.5 Å². The van der Waals surface area contributed by atoms with Gasteiger partial charge in [-0.25, -0.2) is 4.98 Å². The number of hydrogen-bond donors (Lipinski definition) is 1. The number of halogens is 1. The topological polar surface area (TPSA) is 83.9 Å². The molecule has 1 unspecified atom stereocenters. The molecule has 0 amide bonds. The summed E-state index contributed by atoms with van der Waals surface area (Å²) in [6.45, 7) is 1.19. The maximum atomic E-state index is 9.83. The van der Waals surface area contributed by atoms with Gasteiger partial charge in [-0.15, -0.1) is 0 Å². The highest BCUT2D eigenvalue weighted by atomic mass is 35.5. The third-order valence-electron chi connectivity index (χ3n) is 4.08. The fourth-order valence-electron chi connectivity index (χ4n) is 2.93. The van der Waals surface area contributed by atoms with Crippen LogP contribution in [0.2, 0.25) is 5.15 Å². The highest BCUT2D eigenvalue weighted by Crippen LogP contribution is 2.46. The SMILES string of the molecule is N#Cc1c(Cl)nc(N2CCCC(O)C2)c(C#N)c1C1CC1. The molecule has 21 heavy (non-hydrogen) atoms. The third kappa shape index (κ3) is 2.55. The van der Waals surface area contributed by atoms with Crippen LogP contribution < -0.4 is 4.90 Å². The molecule has 1 atom stereocenters. The summed E-state index contributed by atoms with van der Waals surface area (Å²) in [5.74, 6) is 0.755. The van der Waals surface area contributed by atoms with Crippen LogP contribution in [-0.2, 0) is 0 Å². The van der Waals surface area contributed by atoms with E-state index in [2.05, 4.69) is 17.1 Å². The minimum Gasteiger partial charge on any atom is -0.391 e. The summed E-state index contributed by atoms with van der Waals surface area (Å²) in [4.78, 5) is 6.19. The van der Waals surface area contributed by atoms with Crippen LogP contribution in [0.25, 0.3) is 0 Å². The molecule has 2 fully saturated rings. The van der Waals surface area contributed by atoms with Crippen LogP contribution in [0.1, 0.15) is 48.3 Å². The first-order chi connectivity index (χ1) is 10.2. The van der Waals surface area contributed by atoms with Crippen molar-refractivity contribution < 1.29 is 5.11 Å². The van der Waals surface area contributed by atoms with Gasteiger partial charge in [0, 0.05) is 13.1 Å². The lowest BCUT2D eigenvalue weighted by Crippen LogP contribution is -2.39. The second kappa shape index (κ2) is 5.52. The number of nitrogens with zero attached hydrogens (tertiary/aromatic N) is 4. The van der Waals surface area contributed by atoms with Gasteiger partial charge in [0.15, 0.2) is 0 Å². The molecule has 1 N–H and O–H groups in total. The van der Waals surface area contributed by atoms with Gasteiger partial charge in [0.25, 0.3) is 0 Å². The Labute approximate surface area is 128 Å². The molecule has 2 aliphatic rings. The maximum absolute atomic E-state index is 9.83. The van der Waals surface area contributed by atoms with Gasteiger partial charge in [-0.2, -0.15) is 10.5 Å². The minimum atomic E-state index is -0.411. The van der Waals surface area contributed by atoms with E-state index in [-0.39, 0.29) is 11.1 Å². The number of anilines is 1. The highest BCUT2D eigenvalue weighted by molar-refractivity contribution is 6.30. The zero-order valence-corrected chi connectivity index (χ0v) is 12.3. The fourth-order valence-corrected chi connectivity index (χ4v) is 3.16. The van der Waals surface area contributed by atoms with Gasteiger partial charge < -0.3 is 10.0 Å². The zero-order valence-electron chi connectivity index (χ0n) is 11.5. The number of aliphatic hydroxyl groups is 1. The number of aliphatic hydroxyl groups excluding tert-OH is 1. The predicted octanol–water partition coefficient (Wildman–Crippen LogP) is 2.32. The Balaban J connectivity index is 2.13. The summed E-state index contributed by atoms with van der Waals surface area (Å²) >= 11 is 6.16. The molecule has 0 radical (unpaired) electrons. The lowest BCUT2D eigenvalue weighted by molar-refractivity contribution is 0.154. The molecule has 108 valence electrons. The molecular weight excluding hydrogens is 288 g/mol. The number of hydrogen-bond acceptors (Lipinski definition) is 5. The van der Waals surface area contributed by atoms with Gasteiger partial charge in [0.1, 0.15) is 23.1 Å². The Morgan fingerprint density at radius 1 is 1.19 bits per heavy atom. The van der Waals surface area contributed by atoms with Gasteiger partial charge >= 0.3 is 0 Å². The normalized spacial score (nSPS) is 21.7. The number of aromatic nitrogens is 1. The molecule has 0 bridgehead atoms. The number of nitriles is 2. The van der Waals surface area contributed by atoms with E-state index >= 15 is 0 Å². The van der Waals surface area contributed by atoms with E-state index in [1.54, 1.807) is 0 Å². The summed E-state index contributed by atoms with van der Waals surface area (Å²) in [7, 11) is 0. The molecule has 1 aromatic rings. The Morgan fingerprint density at radius 3 is 2.48 bits per heavy atom. The second-order valence-electron chi connectivity index (χ2n) is 5.63. The van der Waals surface area contributed by atoms with Gasteiger partial charge in [-0.1, -0.05) is 11.6 Å². The molecule has 1 saturated carbocycles. The summed E-state index contributed by atoms with van der Waals surface area (Å²) in [5, 5.41) is 28.8. The standard InChI is InChI=1S/C15H15ClN4O/c16-14-11(6-17)13(9-3-4-9)12(7-18)15(19-14)20-5-1-2-10(21)8-20/h9-10,21H,1-5,8H2. The first-order valence-corrected chi connectivity index (χ1v) is 7.50. The van der Waals surface area contributed by atoms with Crippen LogP contribution in [0.4, 0.5) is 5.82 Å². The van der Waals surface area contributed by atoms with Gasteiger partial charge in [0.2, 0.25) is 0 Å². The van der Waals surface area contributed by atoms with E-state index in [4.69, 9.17) is 11.6 Å². The molecule has 1 saturated heterocycles. The van der Waals surface area contributed by atoms with Gasteiger partial charge in [-0.05, 0) is 37.2 Å². The monoisotopic (exact) mass is 302 g/mol. The van der Waals surface area contributed by atoms with Crippen molar-refractivity contribution in [3.05, 3.63) is 21.8 Å². The molecule has 1 aliphatic carbocycles. The molecule has 0 spiro atoms. The van der Waals surface area contributed by atoms with Crippen molar-refractivity contribution in [2.75, 3.05) is 18.0 Å². The molecule has 2 heterocycles. The first-order valence-electron chi connectivity index (χ1n) is 7.12. The Bertz CT molecular complexity index is 657. The number of piperidine rings is 1. The summed E-state index contributed by atoms with van der Waals surface area (Å²) in [5.41, 5.74) is 1.53. The van der Waals surface area contributed by atoms with Crippen LogP contribution in [0.5, 0.6) is 0 Å². The van der Waals surface area contributed by atoms with Crippen molar-refractivity contribution in [3.63, 3.8) is 0 Å². The molecule has 6 heteroatoms. The van der Waals surface area contributed by atoms with Gasteiger partial charge in [0.05, 0.1) is 17.2 Å². The van der Waals surface area contributed by atoms with E-state index < -0.39 is 6.10 Å². The van der Waals surface area contributed by atoms with Crippen molar-refractivity contribution >= 4 is 17.4 Å². The molecular formula is C15H15ClN4O. The van der Waals surface area contributed by atoms with E-state index in [1.807, 2.05) is 4.90 Å². The lowest BCUT2D eigenvalue weighted by atomic mass is 9.99. The Hall–Kier alpha value is -1.82. The maximum Gasteiger partial charge on any atom is 0.149 e. The zero-order chi connectivity index (χ0) is 15.0. The predicted molar refractivity (Wildman–Crippen MR) is 78.1 cm³/mol. The summed E-state index contributed by atoms with van der Waals surface area (Å²) in [6, 6.07) is 4.29. The minimum absolute atomic E-state index is 0.161. The Morgan fingerprint density at radius 2 is 1.90 bits per heavy atom. The van der Waals surface area contributed by atoms with E-state index in [0.717, 1.165) is 37.8 Å². The number of β-amino-alcohol motifs (C(OH)–C–C–N with tert-alkyl or cyclic N) is 1. The van der Waals surface area contributed by atoms with Crippen molar-refractivity contribution in [1.82, 2.24) is 4.98 Å². The highest BCUT2D eigenvalue weighted by Gasteiger charge is 2.34.